The van der Waals surface area contributed by atoms with Gasteiger partial charge in [0.1, 0.15) is 0 Å². The molecule has 0 spiro atoms. The molecule has 0 N–H and O–H groups in total. The molecule has 0 aliphatic carbocycles. The molecule has 0 rings (SSSR count). The Morgan fingerprint density at radius 2 is 1.35 bits per heavy atom. The van der Waals surface area contributed by atoms with E-state index in [9.17, 15) is 0 Å². The van der Waals surface area contributed by atoms with Crippen LogP contribution in [0.1, 0.15) is 27.2 Å². The van der Waals surface area contributed by atoms with Crippen molar-refractivity contribution in [3.8, 4) is 0 Å². The third-order valence-electron chi connectivity index (χ3n) is 3.68. The van der Waals surface area contributed by atoms with Gasteiger partial charge in [0.05, 0.1) is 0 Å². The van der Waals surface area contributed by atoms with Crippen LogP contribution in [0.3, 0.4) is 0 Å². The minimum atomic E-state index is -1.93. The molecule has 3 heteroatoms. The average molecular weight is 359 g/mol. The van der Waals surface area contributed by atoms with Gasteiger partial charge in [-0.1, -0.05) is 0 Å². The van der Waals surface area contributed by atoms with Gasteiger partial charge in [0.25, 0.3) is 0 Å². The second-order valence-corrected chi connectivity index (χ2v) is 28.0. The van der Waals surface area contributed by atoms with E-state index in [1.54, 1.807) is 0 Å². The molecule has 0 aromatic carbocycles. The zero-order valence-corrected chi connectivity index (χ0v) is 17.6. The molecule has 0 aromatic rings. The minimum absolute atomic E-state index is 0.859. The quantitative estimate of drug-likeness (QED) is 0.548. The van der Waals surface area contributed by atoms with Crippen LogP contribution < -0.4 is 0 Å². The summed E-state index contributed by atoms with van der Waals surface area (Å²) in [7, 11) is -1.13. The molecule has 17 heavy (non-hydrogen) atoms. The Hall–Kier alpha value is 0.821. The number of hydrogen-bond donors (Lipinski definition) is 0. The summed E-state index contributed by atoms with van der Waals surface area (Å²) in [6.45, 7) is 15.6. The van der Waals surface area contributed by atoms with E-state index < -0.39 is 26.5 Å². The first-order valence-electron chi connectivity index (χ1n) is 7.33. The van der Waals surface area contributed by atoms with Crippen molar-refractivity contribution in [2.24, 2.45) is 0 Å². The van der Waals surface area contributed by atoms with E-state index in [0.717, 1.165) is 6.71 Å². The predicted molar refractivity (Wildman–Crippen MR) is 90.7 cm³/mol. The molecule has 0 amide bonds. The van der Waals surface area contributed by atoms with E-state index in [2.05, 4.69) is 55.2 Å². The molecular weight excluding hydrogens is 326 g/mol. The normalized spacial score (nSPS) is 14.6. The summed E-state index contributed by atoms with van der Waals surface area (Å²) in [5.41, 5.74) is 1.87. The zero-order valence-electron chi connectivity index (χ0n) is 13.7. The fourth-order valence-corrected chi connectivity index (χ4v) is 30.2. The van der Waals surface area contributed by atoms with Gasteiger partial charge >= 0.3 is 116 Å². The maximum atomic E-state index is 2.61. The molecule has 0 aliphatic heterocycles. The number of allylic oxidation sites excluding steroid dienone is 1. The predicted octanol–water partition coefficient (Wildman–Crippen LogP) is 5.52. The molecule has 0 saturated heterocycles. The van der Waals surface area contributed by atoms with Crippen LogP contribution in [0.5, 0.6) is 0 Å². The Morgan fingerprint density at radius 1 is 0.941 bits per heavy atom. The molecule has 0 radical (unpaired) electrons. The van der Waals surface area contributed by atoms with Gasteiger partial charge in [0, 0.05) is 0 Å². The summed E-state index contributed by atoms with van der Waals surface area (Å²) in [6.07, 6.45) is 3.95. The van der Waals surface area contributed by atoms with E-state index in [4.69, 9.17) is 0 Å². The third kappa shape index (κ3) is 5.14. The van der Waals surface area contributed by atoms with Gasteiger partial charge in [-0.15, -0.1) is 0 Å². The van der Waals surface area contributed by atoms with E-state index in [1.807, 2.05) is 8.68 Å². The van der Waals surface area contributed by atoms with Crippen molar-refractivity contribution in [3.63, 3.8) is 0 Å². The molecule has 0 fully saturated rings. The van der Waals surface area contributed by atoms with Gasteiger partial charge in [0.2, 0.25) is 0 Å². The summed E-state index contributed by atoms with van der Waals surface area (Å²) in [5.74, 6) is 0. The van der Waals surface area contributed by atoms with Crippen molar-refractivity contribution in [2.75, 3.05) is 0 Å². The van der Waals surface area contributed by atoms with Crippen LogP contribution in [0.4, 0.5) is 0 Å². The van der Waals surface area contributed by atoms with Crippen molar-refractivity contribution in [3.05, 3.63) is 8.68 Å². The van der Waals surface area contributed by atoms with Crippen LogP contribution in [0.2, 0.25) is 47.1 Å². The number of hydrogen-bond acceptors (Lipinski definition) is 0. The molecule has 0 saturated carbocycles. The second-order valence-electron chi connectivity index (χ2n) is 7.27. The first kappa shape index (κ1) is 17.8. The standard InChI is InChI=1S/C11H24BSi.3CH3.Sn/c1-7-11(10-13(4,5)6)12(8-2)9-3;;;;/h7-9H2,1-6H3;3*1H3;. The third-order valence-corrected chi connectivity index (χ3v) is 22.2. The van der Waals surface area contributed by atoms with Crippen molar-refractivity contribution in [1.29, 1.82) is 0 Å². The summed E-state index contributed by atoms with van der Waals surface area (Å²) in [6, 6.07) is 0. The fourth-order valence-electron chi connectivity index (χ4n) is 3.54. The maximum absolute atomic E-state index is 2.61. The first-order chi connectivity index (χ1) is 7.59. The first-order valence-corrected chi connectivity index (χ1v) is 20.8. The molecule has 0 aromatic heterocycles. The number of rotatable bonds is 6. The Labute approximate surface area is 116 Å². The van der Waals surface area contributed by atoms with E-state index in [0.29, 0.717) is 0 Å². The van der Waals surface area contributed by atoms with E-state index in [1.165, 1.54) is 19.1 Å². The van der Waals surface area contributed by atoms with Crippen LogP contribution in [-0.4, -0.2) is 33.2 Å². The Balaban J connectivity index is 5.79. The summed E-state index contributed by atoms with van der Waals surface area (Å²) < 4.78 is 2.03. The zero-order chi connectivity index (χ0) is 13.9. The summed E-state index contributed by atoms with van der Waals surface area (Å²) in [5, 5.41) is 0. The molecule has 0 nitrogen and oxygen atoms in total. The van der Waals surface area contributed by atoms with Gasteiger partial charge in [-0.3, -0.25) is 0 Å². The van der Waals surface area contributed by atoms with Crippen molar-refractivity contribution in [1.82, 2.24) is 0 Å². The Morgan fingerprint density at radius 3 is 1.53 bits per heavy atom. The van der Waals surface area contributed by atoms with Crippen LogP contribution in [0, 0.1) is 0 Å². The van der Waals surface area contributed by atoms with E-state index in [-0.39, 0.29) is 0 Å². The van der Waals surface area contributed by atoms with Crippen LogP contribution in [-0.2, 0) is 0 Å². The Kier molecular flexibility index (Phi) is 7.16. The molecule has 0 bridgehead atoms. The van der Waals surface area contributed by atoms with Crippen LogP contribution >= 0.6 is 0 Å². The van der Waals surface area contributed by atoms with Crippen molar-refractivity contribution < 1.29 is 0 Å². The second kappa shape index (κ2) is 6.83. The monoisotopic (exact) mass is 360 g/mol. The van der Waals surface area contributed by atoms with E-state index >= 15 is 0 Å². The van der Waals surface area contributed by atoms with Crippen molar-refractivity contribution >= 4 is 33.2 Å². The Bertz CT molecular complexity index is 251. The topological polar surface area (TPSA) is 0 Å². The van der Waals surface area contributed by atoms with Gasteiger partial charge in [0.15, 0.2) is 0 Å². The van der Waals surface area contributed by atoms with Gasteiger partial charge in [-0.25, -0.2) is 0 Å². The summed E-state index contributed by atoms with van der Waals surface area (Å²) in [4.78, 5) is 7.83. The fraction of sp³-hybridized carbons (Fsp3) is 0.857. The van der Waals surface area contributed by atoms with Gasteiger partial charge in [-0.05, 0) is 0 Å². The molecular formula is C14H33BSiSn. The average Bonchev–Trinajstić information content (AvgIpc) is 2.13. The molecule has 100 valence electrons. The molecule has 0 atom stereocenters. The molecule has 0 unspecified atom stereocenters. The van der Waals surface area contributed by atoms with Crippen LogP contribution in [0.15, 0.2) is 8.68 Å². The molecule has 0 heterocycles. The molecule has 0 aliphatic rings. The SMILES string of the molecule is CCB(CC)/C(CC)=[C](/[Si](C)(C)C)[Sn]([CH3])([CH3])[CH3]. The van der Waals surface area contributed by atoms with Gasteiger partial charge < -0.3 is 0 Å². The summed E-state index contributed by atoms with van der Waals surface area (Å²) >= 11 is -1.93. The van der Waals surface area contributed by atoms with Gasteiger partial charge in [-0.2, -0.15) is 0 Å². The van der Waals surface area contributed by atoms with Crippen molar-refractivity contribution in [2.45, 2.75) is 74.3 Å². The van der Waals surface area contributed by atoms with Crippen LogP contribution in [0.25, 0.3) is 0 Å².